The van der Waals surface area contributed by atoms with Crippen molar-refractivity contribution in [2.75, 3.05) is 0 Å². The van der Waals surface area contributed by atoms with Crippen LogP contribution in [0.25, 0.3) is 0 Å². The molecule has 2 aliphatic rings. The number of rotatable bonds is 1. The van der Waals surface area contributed by atoms with Crippen LogP contribution in [0.2, 0.25) is 0 Å². The lowest BCUT2D eigenvalue weighted by atomic mass is 10.1. The van der Waals surface area contributed by atoms with E-state index >= 15 is 0 Å². The molecule has 4 heteroatoms. The van der Waals surface area contributed by atoms with Crippen molar-refractivity contribution in [3.8, 4) is 0 Å². The van der Waals surface area contributed by atoms with Gasteiger partial charge in [-0.15, -0.1) is 0 Å². The van der Waals surface area contributed by atoms with E-state index in [2.05, 4.69) is 4.99 Å². The highest BCUT2D eigenvalue weighted by Crippen LogP contribution is 2.17. The fourth-order valence-corrected chi connectivity index (χ4v) is 2.78. The Balaban J connectivity index is 2.12. The Bertz CT molecular complexity index is 622. The lowest BCUT2D eigenvalue weighted by Crippen LogP contribution is -2.32. The Kier molecular flexibility index (Phi) is 2.30. The summed E-state index contributed by atoms with van der Waals surface area (Å²) in [5, 5.41) is 0.744. The minimum atomic E-state index is 0.00343. The molecule has 84 valence electrons. The van der Waals surface area contributed by atoms with Crippen molar-refractivity contribution in [3.63, 3.8) is 0 Å². The van der Waals surface area contributed by atoms with Crippen LogP contribution in [0.5, 0.6) is 0 Å². The zero-order valence-corrected chi connectivity index (χ0v) is 10.1. The van der Waals surface area contributed by atoms with Crippen LogP contribution in [0, 0.1) is 0 Å². The maximum Gasteiger partial charge on any atom is 0.274 e. The summed E-state index contributed by atoms with van der Waals surface area (Å²) < 4.78 is 0. The Labute approximate surface area is 103 Å². The fourth-order valence-electron chi connectivity index (χ4n) is 1.73. The van der Waals surface area contributed by atoms with Crippen molar-refractivity contribution in [1.82, 2.24) is 4.90 Å². The molecule has 0 aliphatic carbocycles. The Morgan fingerprint density at radius 3 is 2.76 bits per heavy atom. The van der Waals surface area contributed by atoms with E-state index in [-0.39, 0.29) is 5.91 Å². The molecule has 0 atom stereocenters. The van der Waals surface area contributed by atoms with Gasteiger partial charge in [-0.25, -0.2) is 4.99 Å². The molecule has 0 saturated carbocycles. The maximum absolute atomic E-state index is 12.2. The summed E-state index contributed by atoms with van der Waals surface area (Å²) in [6, 6.07) is 9.70. The first-order valence-electron chi connectivity index (χ1n) is 5.30. The molecule has 2 aliphatic heterocycles. The van der Waals surface area contributed by atoms with Crippen LogP contribution in [-0.4, -0.2) is 26.5 Å². The molecule has 0 aromatic heterocycles. The van der Waals surface area contributed by atoms with E-state index in [0.29, 0.717) is 0 Å². The van der Waals surface area contributed by atoms with Gasteiger partial charge in [0.25, 0.3) is 5.91 Å². The molecule has 17 heavy (non-hydrogen) atoms. The van der Waals surface area contributed by atoms with Gasteiger partial charge in [0.15, 0.2) is 5.11 Å². The summed E-state index contributed by atoms with van der Waals surface area (Å²) in [6.07, 6.45) is 3.62. The number of benzene rings is 1. The molecule has 2 heterocycles. The van der Waals surface area contributed by atoms with Crippen LogP contribution >= 0.6 is 10.9 Å². The van der Waals surface area contributed by atoms with Gasteiger partial charge in [-0.1, -0.05) is 41.3 Å². The summed E-state index contributed by atoms with van der Waals surface area (Å²) in [7, 11) is 1.43. The van der Waals surface area contributed by atoms with Gasteiger partial charge in [-0.2, -0.15) is 0 Å². The van der Waals surface area contributed by atoms with Gasteiger partial charge in [0.05, 0.1) is 0 Å². The second kappa shape index (κ2) is 3.82. The van der Waals surface area contributed by atoms with Crippen LogP contribution in [0.15, 0.2) is 47.6 Å². The summed E-state index contributed by atoms with van der Waals surface area (Å²) in [5.74, 6) is 0.00343. The monoisotopic (exact) mass is 242 g/mol. The molecule has 0 saturated heterocycles. The van der Waals surface area contributed by atoms with Crippen molar-refractivity contribution in [2.45, 2.75) is 6.92 Å². The minimum Gasteiger partial charge on any atom is -0.267 e. The second-order valence-electron chi connectivity index (χ2n) is 3.82. The summed E-state index contributed by atoms with van der Waals surface area (Å²) in [5.41, 5.74) is 1.87. The minimum absolute atomic E-state index is 0.00343. The molecule has 0 unspecified atom stereocenters. The summed E-state index contributed by atoms with van der Waals surface area (Å²) in [6.45, 7) is 1.92. The molecule has 1 amide bonds. The van der Waals surface area contributed by atoms with E-state index < -0.39 is 0 Å². The average molecular weight is 242 g/mol. The first-order valence-corrected chi connectivity index (χ1v) is 6.11. The van der Waals surface area contributed by atoms with Gasteiger partial charge in [0.2, 0.25) is 0 Å². The Morgan fingerprint density at radius 2 is 2.00 bits per heavy atom. The average Bonchev–Trinajstić information content (AvgIpc) is 2.67. The third kappa shape index (κ3) is 1.66. The van der Waals surface area contributed by atoms with Crippen molar-refractivity contribution >= 4 is 32.5 Å². The number of allylic oxidation sites excluding steroid dienone is 1. The highest BCUT2D eigenvalue weighted by atomic mass is 32.1. The van der Waals surface area contributed by atoms with Gasteiger partial charge >= 0.3 is 0 Å². The molecular weight excluding hydrogens is 232 g/mol. The number of hydrogen-bond donors (Lipinski definition) is 0. The molecule has 0 fully saturated rings. The molecule has 3 nitrogen and oxygen atoms in total. The van der Waals surface area contributed by atoms with E-state index in [1.54, 1.807) is 11.1 Å². The standard InChI is InChI=1S/C13H10N2OS/c1-9-7-8-15-12(16)11(17-13(15)14-9)10-5-3-2-4-6-10/h2-8H,1H3. The highest BCUT2D eigenvalue weighted by molar-refractivity contribution is 8.00. The van der Waals surface area contributed by atoms with Crippen LogP contribution in [0.3, 0.4) is 0 Å². The van der Waals surface area contributed by atoms with Crippen molar-refractivity contribution in [2.24, 2.45) is 4.99 Å². The lowest BCUT2D eigenvalue weighted by molar-refractivity contribution is -0.118. The highest BCUT2D eigenvalue weighted by Gasteiger charge is 2.28. The van der Waals surface area contributed by atoms with Crippen LogP contribution in [0.4, 0.5) is 0 Å². The Hall–Kier alpha value is -1.94. The van der Waals surface area contributed by atoms with Crippen LogP contribution in [0.1, 0.15) is 12.5 Å². The van der Waals surface area contributed by atoms with Crippen LogP contribution in [-0.2, 0) is 4.79 Å². The topological polar surface area (TPSA) is 32.7 Å². The van der Waals surface area contributed by atoms with Crippen LogP contribution < -0.4 is 0 Å². The SMILES string of the molecule is CC1=NC2=S=C(c3ccccc3)C(=O)N2C=C1. The van der Waals surface area contributed by atoms with E-state index in [9.17, 15) is 4.79 Å². The van der Waals surface area contributed by atoms with E-state index in [1.807, 2.05) is 43.3 Å². The fraction of sp³-hybridized carbons (Fsp3) is 0.0769. The van der Waals surface area contributed by atoms with Crippen molar-refractivity contribution in [1.29, 1.82) is 0 Å². The third-order valence-corrected chi connectivity index (χ3v) is 3.67. The summed E-state index contributed by atoms with van der Waals surface area (Å²) >= 11 is 0. The van der Waals surface area contributed by atoms with Gasteiger partial charge in [0, 0.05) is 11.9 Å². The number of aliphatic imine (C=N–C) groups is 1. The third-order valence-electron chi connectivity index (χ3n) is 2.59. The maximum atomic E-state index is 12.2. The van der Waals surface area contributed by atoms with Gasteiger partial charge in [0.1, 0.15) is 4.86 Å². The number of fused-ring (bicyclic) bond motifs is 1. The molecule has 0 N–H and O–H groups in total. The molecular formula is C13H10N2OS. The molecule has 1 aromatic rings. The smallest absolute Gasteiger partial charge is 0.267 e. The molecule has 0 spiro atoms. The predicted octanol–water partition coefficient (Wildman–Crippen LogP) is 1.86. The number of nitrogens with zero attached hydrogens (tertiary/aromatic N) is 2. The number of carbonyl (C=O) groups is 1. The zero-order chi connectivity index (χ0) is 11.8. The van der Waals surface area contributed by atoms with E-state index in [0.717, 1.165) is 21.3 Å². The zero-order valence-electron chi connectivity index (χ0n) is 9.25. The van der Waals surface area contributed by atoms with Gasteiger partial charge < -0.3 is 0 Å². The molecule has 0 radical (unpaired) electrons. The van der Waals surface area contributed by atoms with Gasteiger partial charge in [-0.05, 0) is 18.6 Å². The number of hydrogen-bond acceptors (Lipinski definition) is 2. The predicted molar refractivity (Wildman–Crippen MR) is 72.2 cm³/mol. The number of carbonyl (C=O) groups excluding carboxylic acids is 1. The molecule has 3 rings (SSSR count). The second-order valence-corrected chi connectivity index (χ2v) is 4.80. The summed E-state index contributed by atoms with van der Waals surface area (Å²) in [4.78, 5) is 18.9. The van der Waals surface area contributed by atoms with Gasteiger partial charge in [-0.3, -0.25) is 9.69 Å². The molecule has 0 bridgehead atoms. The van der Waals surface area contributed by atoms with E-state index in [4.69, 9.17) is 0 Å². The normalized spacial score (nSPS) is 18.1. The number of amides is 1. The van der Waals surface area contributed by atoms with Crippen molar-refractivity contribution in [3.05, 3.63) is 48.2 Å². The first-order chi connectivity index (χ1) is 8.25. The first kappa shape index (κ1) is 10.2. The largest absolute Gasteiger partial charge is 0.274 e. The molecule has 1 aromatic carbocycles. The Morgan fingerprint density at radius 1 is 1.24 bits per heavy atom. The quantitative estimate of drug-likeness (QED) is 0.692. The van der Waals surface area contributed by atoms with E-state index in [1.165, 1.54) is 10.9 Å². The van der Waals surface area contributed by atoms with Crippen molar-refractivity contribution < 1.29 is 4.79 Å². The lowest BCUT2D eigenvalue weighted by Gasteiger charge is -2.15.